The van der Waals surface area contributed by atoms with E-state index in [0.717, 1.165) is 44.6 Å². The summed E-state index contributed by atoms with van der Waals surface area (Å²) in [5.74, 6) is 0. The molecule has 0 saturated carbocycles. The van der Waals surface area contributed by atoms with Gasteiger partial charge in [-0.3, -0.25) is 9.58 Å². The normalized spacial score (nSPS) is 11.4. The van der Waals surface area contributed by atoms with Gasteiger partial charge in [0.25, 0.3) is 0 Å². The first-order chi connectivity index (χ1) is 9.10. The summed E-state index contributed by atoms with van der Waals surface area (Å²) in [5.41, 5.74) is 6.68. The summed E-state index contributed by atoms with van der Waals surface area (Å²) < 4.78 is 2.09. The van der Waals surface area contributed by atoms with Crippen LogP contribution in [0.5, 0.6) is 0 Å². The van der Waals surface area contributed by atoms with Gasteiger partial charge in [0.2, 0.25) is 0 Å². The van der Waals surface area contributed by atoms with Gasteiger partial charge in [0.1, 0.15) is 0 Å². The molecule has 0 unspecified atom stereocenters. The fraction of sp³-hybridized carbons (Fsp3) is 0.714. The Hall–Kier alpha value is -0.940. The minimum Gasteiger partial charge on any atom is -0.393 e. The molecule has 108 valence electrons. The van der Waals surface area contributed by atoms with Crippen molar-refractivity contribution in [2.24, 2.45) is 5.73 Å². The monoisotopic (exact) mass is 282 g/mol. The second-order valence-corrected chi connectivity index (χ2v) is 5.37. The van der Waals surface area contributed by atoms with Gasteiger partial charge in [0, 0.05) is 25.7 Å². The van der Waals surface area contributed by atoms with E-state index in [0.29, 0.717) is 11.0 Å². The number of rotatable bonds is 9. The Balaban J connectivity index is 2.57. The highest BCUT2D eigenvalue weighted by Gasteiger charge is 2.10. The van der Waals surface area contributed by atoms with Gasteiger partial charge in [-0.15, -0.1) is 0 Å². The van der Waals surface area contributed by atoms with Crippen molar-refractivity contribution in [2.45, 2.75) is 52.6 Å². The van der Waals surface area contributed by atoms with Crippen LogP contribution < -0.4 is 5.73 Å². The first kappa shape index (κ1) is 16.1. The van der Waals surface area contributed by atoms with E-state index in [4.69, 9.17) is 18.0 Å². The fourth-order valence-electron chi connectivity index (χ4n) is 2.17. The van der Waals surface area contributed by atoms with Crippen molar-refractivity contribution < 1.29 is 0 Å². The molecule has 0 bridgehead atoms. The zero-order valence-electron chi connectivity index (χ0n) is 12.3. The molecule has 0 spiro atoms. The molecule has 5 heteroatoms. The van der Waals surface area contributed by atoms with Crippen LogP contribution in [0.4, 0.5) is 0 Å². The van der Waals surface area contributed by atoms with Gasteiger partial charge in [-0.2, -0.15) is 5.10 Å². The summed E-state index contributed by atoms with van der Waals surface area (Å²) in [5, 5.41) is 4.68. The van der Waals surface area contributed by atoms with Crippen molar-refractivity contribution in [3.63, 3.8) is 0 Å². The Kier molecular flexibility index (Phi) is 7.02. The van der Waals surface area contributed by atoms with Crippen molar-refractivity contribution in [2.75, 3.05) is 13.1 Å². The number of thiocarbonyl (C=S) groups is 1. The van der Waals surface area contributed by atoms with Crippen LogP contribution in [0.2, 0.25) is 0 Å². The van der Waals surface area contributed by atoms with Crippen LogP contribution in [0.1, 0.15) is 51.8 Å². The molecular formula is C14H26N4S. The predicted molar refractivity (Wildman–Crippen MR) is 84.2 cm³/mol. The van der Waals surface area contributed by atoms with Gasteiger partial charge in [-0.25, -0.2) is 0 Å². The minimum atomic E-state index is 0.514. The molecule has 4 nitrogen and oxygen atoms in total. The van der Waals surface area contributed by atoms with Gasteiger partial charge in [-0.1, -0.05) is 33.0 Å². The molecule has 0 aliphatic carbocycles. The highest BCUT2D eigenvalue weighted by Crippen LogP contribution is 2.15. The standard InChI is InChI=1S/C14H26N4S/c1-4-13(5-2)18-10-7-12(16-18)11-17(6-3)9-8-14(15)19/h7,10,13H,4-6,8-9,11H2,1-3H3,(H2,15,19). The van der Waals surface area contributed by atoms with Gasteiger partial charge in [0.15, 0.2) is 0 Å². The SMILES string of the molecule is CCC(CC)n1ccc(CN(CC)CCC(N)=S)n1. The quantitative estimate of drug-likeness (QED) is 0.708. The second kappa shape index (κ2) is 8.27. The Morgan fingerprint density at radius 3 is 2.63 bits per heavy atom. The maximum atomic E-state index is 5.55. The molecule has 0 radical (unpaired) electrons. The number of nitrogens with two attached hydrogens (primary N) is 1. The summed E-state index contributed by atoms with van der Waals surface area (Å²) in [6.07, 6.45) is 5.11. The molecule has 1 aromatic heterocycles. The van der Waals surface area contributed by atoms with Crippen LogP contribution in [-0.4, -0.2) is 32.8 Å². The number of hydrogen-bond donors (Lipinski definition) is 1. The third-order valence-electron chi connectivity index (χ3n) is 3.49. The Morgan fingerprint density at radius 1 is 1.42 bits per heavy atom. The van der Waals surface area contributed by atoms with E-state index in [9.17, 15) is 0 Å². The van der Waals surface area contributed by atoms with E-state index in [-0.39, 0.29) is 0 Å². The van der Waals surface area contributed by atoms with Gasteiger partial charge in [-0.05, 0) is 25.5 Å². The lowest BCUT2D eigenvalue weighted by Crippen LogP contribution is -2.27. The summed E-state index contributed by atoms with van der Waals surface area (Å²) in [4.78, 5) is 2.90. The largest absolute Gasteiger partial charge is 0.393 e. The highest BCUT2D eigenvalue weighted by atomic mass is 32.1. The van der Waals surface area contributed by atoms with Crippen molar-refractivity contribution in [3.05, 3.63) is 18.0 Å². The summed E-state index contributed by atoms with van der Waals surface area (Å²) in [7, 11) is 0. The molecular weight excluding hydrogens is 256 g/mol. The average molecular weight is 282 g/mol. The summed E-state index contributed by atoms with van der Waals surface area (Å²) in [6.45, 7) is 9.32. The Morgan fingerprint density at radius 2 is 2.11 bits per heavy atom. The summed E-state index contributed by atoms with van der Waals surface area (Å²) >= 11 is 4.93. The lowest BCUT2D eigenvalue weighted by molar-refractivity contribution is 0.282. The number of hydrogen-bond acceptors (Lipinski definition) is 3. The molecule has 19 heavy (non-hydrogen) atoms. The highest BCUT2D eigenvalue weighted by molar-refractivity contribution is 7.80. The van der Waals surface area contributed by atoms with Crippen molar-refractivity contribution in [1.29, 1.82) is 0 Å². The molecule has 0 amide bonds. The fourth-order valence-corrected chi connectivity index (χ4v) is 2.27. The molecule has 0 aromatic carbocycles. The van der Waals surface area contributed by atoms with Gasteiger partial charge >= 0.3 is 0 Å². The lowest BCUT2D eigenvalue weighted by Gasteiger charge is -2.19. The average Bonchev–Trinajstić information content (AvgIpc) is 2.84. The Bertz CT molecular complexity index is 385. The zero-order valence-corrected chi connectivity index (χ0v) is 13.1. The first-order valence-corrected chi connectivity index (χ1v) is 7.56. The first-order valence-electron chi connectivity index (χ1n) is 7.15. The molecule has 1 heterocycles. The smallest absolute Gasteiger partial charge is 0.0764 e. The lowest BCUT2D eigenvalue weighted by atomic mass is 10.2. The molecule has 0 fully saturated rings. The van der Waals surface area contributed by atoms with Gasteiger partial charge < -0.3 is 5.73 Å². The van der Waals surface area contributed by atoms with E-state index < -0.39 is 0 Å². The molecule has 0 saturated heterocycles. The van der Waals surface area contributed by atoms with E-state index in [1.54, 1.807) is 0 Å². The zero-order chi connectivity index (χ0) is 14.3. The van der Waals surface area contributed by atoms with Crippen molar-refractivity contribution in [3.8, 4) is 0 Å². The van der Waals surface area contributed by atoms with Crippen LogP contribution in [0, 0.1) is 0 Å². The van der Waals surface area contributed by atoms with Crippen LogP contribution in [0.25, 0.3) is 0 Å². The Labute approximate surface area is 122 Å². The van der Waals surface area contributed by atoms with Gasteiger partial charge in [0.05, 0.1) is 16.7 Å². The van der Waals surface area contributed by atoms with Crippen molar-refractivity contribution in [1.82, 2.24) is 14.7 Å². The maximum Gasteiger partial charge on any atom is 0.0764 e. The van der Waals surface area contributed by atoms with Crippen LogP contribution in [0.15, 0.2) is 12.3 Å². The molecule has 0 atom stereocenters. The third kappa shape index (κ3) is 5.28. The second-order valence-electron chi connectivity index (χ2n) is 4.84. The third-order valence-corrected chi connectivity index (χ3v) is 3.69. The molecule has 2 N–H and O–H groups in total. The molecule has 1 aromatic rings. The summed E-state index contributed by atoms with van der Waals surface area (Å²) in [6, 6.07) is 2.63. The van der Waals surface area contributed by atoms with Crippen LogP contribution >= 0.6 is 12.2 Å². The number of aromatic nitrogens is 2. The molecule has 1 rings (SSSR count). The van der Waals surface area contributed by atoms with E-state index in [2.05, 4.69) is 47.7 Å². The van der Waals surface area contributed by atoms with E-state index >= 15 is 0 Å². The van der Waals surface area contributed by atoms with Crippen LogP contribution in [-0.2, 0) is 6.54 Å². The predicted octanol–water partition coefficient (Wildman–Crippen LogP) is 2.74. The number of nitrogens with zero attached hydrogens (tertiary/aromatic N) is 3. The maximum absolute atomic E-state index is 5.55. The topological polar surface area (TPSA) is 47.1 Å². The van der Waals surface area contributed by atoms with E-state index in [1.807, 2.05) is 0 Å². The van der Waals surface area contributed by atoms with E-state index in [1.165, 1.54) is 0 Å². The molecule has 0 aliphatic heterocycles. The molecule has 0 aliphatic rings. The van der Waals surface area contributed by atoms with Crippen LogP contribution in [0.3, 0.4) is 0 Å². The van der Waals surface area contributed by atoms with Crippen molar-refractivity contribution >= 4 is 17.2 Å². The minimum absolute atomic E-state index is 0.514.